The lowest BCUT2D eigenvalue weighted by Gasteiger charge is -2.24. The predicted molar refractivity (Wildman–Crippen MR) is 64.1 cm³/mol. The van der Waals surface area contributed by atoms with Crippen LogP contribution in [0.3, 0.4) is 0 Å². The van der Waals surface area contributed by atoms with Crippen LogP contribution in [0.15, 0.2) is 11.2 Å². The number of aliphatic hydroxyl groups excluding tert-OH is 1. The minimum Gasteiger partial charge on any atom is -0.396 e. The van der Waals surface area contributed by atoms with Gasteiger partial charge in [-0.2, -0.15) is 0 Å². The van der Waals surface area contributed by atoms with Gasteiger partial charge in [0.1, 0.15) is 5.82 Å². The molecule has 3 N–H and O–H groups in total. The molecule has 0 aliphatic rings. The van der Waals surface area contributed by atoms with Crippen molar-refractivity contribution in [3.05, 3.63) is 12.0 Å². The summed E-state index contributed by atoms with van der Waals surface area (Å²) in [6.45, 7) is 5.26. The van der Waals surface area contributed by atoms with E-state index >= 15 is 0 Å². The lowest BCUT2D eigenvalue weighted by molar-refractivity contribution is 0.245. The molecule has 7 heteroatoms. The molecule has 0 bridgehead atoms. The smallest absolute Gasteiger partial charge is 0.258 e. The molecule has 0 aromatic carbocycles. The molecule has 0 radical (unpaired) electrons. The highest BCUT2D eigenvalue weighted by atomic mass is 32.2. The predicted octanol–water partition coefficient (Wildman–Crippen LogP) is 0.411. The van der Waals surface area contributed by atoms with Crippen LogP contribution in [0.5, 0.6) is 0 Å². The number of aromatic amines is 1. The lowest BCUT2D eigenvalue weighted by Crippen LogP contribution is -2.44. The molecule has 98 valence electrons. The second-order valence-electron chi connectivity index (χ2n) is 4.51. The van der Waals surface area contributed by atoms with E-state index in [0.717, 1.165) is 0 Å². The molecule has 17 heavy (non-hydrogen) atoms. The van der Waals surface area contributed by atoms with Crippen molar-refractivity contribution in [2.45, 2.75) is 44.2 Å². The first kappa shape index (κ1) is 14.1. The minimum atomic E-state index is -3.61. The van der Waals surface area contributed by atoms with Gasteiger partial charge in [-0.25, -0.2) is 18.1 Å². The Bertz CT molecular complexity index is 465. The summed E-state index contributed by atoms with van der Waals surface area (Å²) in [5, 5.41) is 8.91. The maximum Gasteiger partial charge on any atom is 0.258 e. The van der Waals surface area contributed by atoms with E-state index in [-0.39, 0.29) is 11.6 Å². The van der Waals surface area contributed by atoms with E-state index in [4.69, 9.17) is 5.11 Å². The fourth-order valence-corrected chi connectivity index (χ4v) is 2.79. The zero-order valence-corrected chi connectivity index (χ0v) is 11.1. The third kappa shape index (κ3) is 3.79. The normalized spacial score (nSPS) is 12.9. The third-order valence-electron chi connectivity index (χ3n) is 2.38. The van der Waals surface area contributed by atoms with Crippen LogP contribution in [0.25, 0.3) is 0 Å². The molecular weight excluding hydrogens is 242 g/mol. The average Bonchev–Trinajstić information content (AvgIpc) is 2.64. The number of aliphatic hydroxyl groups is 1. The van der Waals surface area contributed by atoms with Gasteiger partial charge < -0.3 is 10.1 Å². The molecule has 1 aromatic heterocycles. The Labute approximate surface area is 102 Å². The largest absolute Gasteiger partial charge is 0.396 e. The van der Waals surface area contributed by atoms with Crippen molar-refractivity contribution in [3.63, 3.8) is 0 Å². The van der Waals surface area contributed by atoms with Crippen LogP contribution < -0.4 is 4.72 Å². The summed E-state index contributed by atoms with van der Waals surface area (Å²) in [4.78, 5) is 6.70. The van der Waals surface area contributed by atoms with Gasteiger partial charge in [0.2, 0.25) is 0 Å². The SMILES string of the molecule is CCc1ncc(S(=O)(=O)NC(C)(C)CCO)[nH]1. The zero-order chi connectivity index (χ0) is 13.1. The number of rotatable bonds is 6. The van der Waals surface area contributed by atoms with Gasteiger partial charge in [-0.1, -0.05) is 6.92 Å². The van der Waals surface area contributed by atoms with Crippen molar-refractivity contribution in [1.29, 1.82) is 0 Å². The number of nitrogens with one attached hydrogen (secondary N) is 2. The van der Waals surface area contributed by atoms with Crippen LogP contribution in [0.4, 0.5) is 0 Å². The molecule has 0 fully saturated rings. The molecular formula is C10H19N3O3S. The molecule has 0 spiro atoms. The van der Waals surface area contributed by atoms with Crippen LogP contribution in [-0.2, 0) is 16.4 Å². The summed E-state index contributed by atoms with van der Waals surface area (Å²) in [7, 11) is -3.61. The summed E-state index contributed by atoms with van der Waals surface area (Å²) >= 11 is 0. The number of aryl methyl sites for hydroxylation is 1. The molecule has 1 heterocycles. The summed E-state index contributed by atoms with van der Waals surface area (Å²) in [5.74, 6) is 0.630. The molecule has 0 aliphatic heterocycles. The minimum absolute atomic E-state index is 0.0559. The molecule has 1 aromatic rings. The van der Waals surface area contributed by atoms with Crippen molar-refractivity contribution in [3.8, 4) is 0 Å². The topological polar surface area (TPSA) is 95.1 Å². The first-order valence-electron chi connectivity index (χ1n) is 5.49. The van der Waals surface area contributed by atoms with E-state index < -0.39 is 15.6 Å². The van der Waals surface area contributed by atoms with Gasteiger partial charge in [0.05, 0.1) is 6.20 Å². The van der Waals surface area contributed by atoms with E-state index in [1.54, 1.807) is 13.8 Å². The molecule has 6 nitrogen and oxygen atoms in total. The van der Waals surface area contributed by atoms with Crippen molar-refractivity contribution >= 4 is 10.0 Å². The Hall–Kier alpha value is -0.920. The van der Waals surface area contributed by atoms with Crippen LogP contribution in [0.1, 0.15) is 33.0 Å². The van der Waals surface area contributed by atoms with Crippen molar-refractivity contribution in [2.75, 3.05) is 6.61 Å². The first-order chi connectivity index (χ1) is 7.80. The monoisotopic (exact) mass is 261 g/mol. The number of hydrogen-bond acceptors (Lipinski definition) is 4. The van der Waals surface area contributed by atoms with E-state index in [9.17, 15) is 8.42 Å². The van der Waals surface area contributed by atoms with Gasteiger partial charge in [-0.15, -0.1) is 0 Å². The molecule has 1 rings (SSSR count). The standard InChI is InChI=1S/C10H19N3O3S/c1-4-8-11-7-9(12-8)17(15,16)13-10(2,3)5-6-14/h7,13-14H,4-6H2,1-3H3,(H,11,12). The van der Waals surface area contributed by atoms with Crippen molar-refractivity contribution in [1.82, 2.24) is 14.7 Å². The molecule has 0 amide bonds. The Morgan fingerprint density at radius 3 is 2.65 bits per heavy atom. The van der Waals surface area contributed by atoms with E-state index in [1.165, 1.54) is 6.20 Å². The Morgan fingerprint density at radius 1 is 1.53 bits per heavy atom. The van der Waals surface area contributed by atoms with Crippen molar-refractivity contribution < 1.29 is 13.5 Å². The van der Waals surface area contributed by atoms with Crippen LogP contribution in [0, 0.1) is 0 Å². The van der Waals surface area contributed by atoms with Gasteiger partial charge in [0.25, 0.3) is 10.0 Å². The second kappa shape index (κ2) is 5.16. The Balaban J connectivity index is 2.88. The van der Waals surface area contributed by atoms with Gasteiger partial charge >= 0.3 is 0 Å². The lowest BCUT2D eigenvalue weighted by atomic mass is 10.0. The summed E-state index contributed by atoms with van der Waals surface area (Å²) < 4.78 is 26.5. The quantitative estimate of drug-likeness (QED) is 0.691. The Kier molecular flexibility index (Phi) is 4.29. The fraction of sp³-hybridized carbons (Fsp3) is 0.700. The third-order valence-corrected chi connectivity index (χ3v) is 3.98. The summed E-state index contributed by atoms with van der Waals surface area (Å²) in [6.07, 6.45) is 2.30. The molecule has 0 saturated carbocycles. The number of aromatic nitrogens is 2. The number of nitrogens with zero attached hydrogens (tertiary/aromatic N) is 1. The number of H-pyrrole nitrogens is 1. The van der Waals surface area contributed by atoms with Gasteiger partial charge in [0, 0.05) is 18.6 Å². The second-order valence-corrected chi connectivity index (χ2v) is 6.16. The first-order valence-corrected chi connectivity index (χ1v) is 6.98. The van der Waals surface area contributed by atoms with Crippen molar-refractivity contribution in [2.24, 2.45) is 0 Å². The van der Waals surface area contributed by atoms with E-state index in [2.05, 4.69) is 14.7 Å². The Morgan fingerprint density at radius 2 is 2.18 bits per heavy atom. The van der Waals surface area contributed by atoms with Gasteiger partial charge in [-0.3, -0.25) is 0 Å². The summed E-state index contributed by atoms with van der Waals surface area (Å²) in [6, 6.07) is 0. The highest BCUT2D eigenvalue weighted by Gasteiger charge is 2.26. The summed E-state index contributed by atoms with van der Waals surface area (Å²) in [5.41, 5.74) is -0.689. The molecule has 0 unspecified atom stereocenters. The highest BCUT2D eigenvalue weighted by molar-refractivity contribution is 7.89. The number of sulfonamides is 1. The van der Waals surface area contributed by atoms with Crippen LogP contribution >= 0.6 is 0 Å². The molecule has 0 aliphatic carbocycles. The maximum absolute atomic E-state index is 12.0. The molecule has 0 saturated heterocycles. The maximum atomic E-state index is 12.0. The van der Waals surface area contributed by atoms with E-state index in [0.29, 0.717) is 18.7 Å². The van der Waals surface area contributed by atoms with Crippen LogP contribution in [-0.4, -0.2) is 35.6 Å². The van der Waals surface area contributed by atoms with E-state index in [1.807, 2.05) is 6.92 Å². The zero-order valence-electron chi connectivity index (χ0n) is 10.3. The number of hydrogen-bond donors (Lipinski definition) is 3. The highest BCUT2D eigenvalue weighted by Crippen LogP contribution is 2.14. The van der Waals surface area contributed by atoms with Crippen LogP contribution in [0.2, 0.25) is 0 Å². The number of imidazole rings is 1. The molecule has 0 atom stereocenters. The van der Waals surface area contributed by atoms with Gasteiger partial charge in [-0.05, 0) is 20.3 Å². The van der Waals surface area contributed by atoms with Gasteiger partial charge in [0.15, 0.2) is 5.03 Å². The average molecular weight is 261 g/mol. The fourth-order valence-electron chi connectivity index (χ4n) is 1.41.